The molecule has 1 aromatic rings. The van der Waals surface area contributed by atoms with Crippen LogP contribution < -0.4 is 4.74 Å². The van der Waals surface area contributed by atoms with E-state index in [0.717, 1.165) is 37.0 Å². The molecule has 2 saturated heterocycles. The van der Waals surface area contributed by atoms with Gasteiger partial charge in [-0.2, -0.15) is 0 Å². The summed E-state index contributed by atoms with van der Waals surface area (Å²) in [5, 5.41) is 0. The fourth-order valence-corrected chi connectivity index (χ4v) is 4.35. The first-order chi connectivity index (χ1) is 11.2. The van der Waals surface area contributed by atoms with Gasteiger partial charge in [0, 0.05) is 12.1 Å². The quantitative estimate of drug-likeness (QED) is 0.789. The van der Waals surface area contributed by atoms with Gasteiger partial charge in [0.05, 0.1) is 0 Å². The van der Waals surface area contributed by atoms with Crippen molar-refractivity contribution in [3.63, 3.8) is 0 Å². The number of hydrogen-bond donors (Lipinski definition) is 0. The van der Waals surface area contributed by atoms with E-state index in [1.54, 1.807) is 11.1 Å². The number of ether oxygens (including phenoxy) is 1. The second-order valence-electron chi connectivity index (χ2n) is 7.21. The average molecular weight is 311 g/mol. The van der Waals surface area contributed by atoms with Crippen LogP contribution in [0.5, 0.6) is 5.75 Å². The van der Waals surface area contributed by atoms with E-state index in [9.17, 15) is 4.79 Å². The molecule has 1 amide bonds. The average Bonchev–Trinajstić information content (AvgIpc) is 2.76. The Morgan fingerprint density at radius 1 is 1.13 bits per heavy atom. The third-order valence-corrected chi connectivity index (χ3v) is 5.77. The summed E-state index contributed by atoms with van der Waals surface area (Å²) < 4.78 is 5.78. The summed E-state index contributed by atoms with van der Waals surface area (Å²) in [6, 6.07) is 8.74. The molecule has 1 aromatic carbocycles. The molecule has 0 radical (unpaired) electrons. The van der Waals surface area contributed by atoms with Gasteiger partial charge in [-0.05, 0) is 63.5 Å². The SMILES string of the molecule is Cc1ccccc1OCC(=O)N1C2CCC1CC(=C1CCC1)C2. The maximum Gasteiger partial charge on any atom is 0.261 e. The molecular weight excluding hydrogens is 286 g/mol. The maximum absolute atomic E-state index is 12.7. The Bertz CT molecular complexity index is 627. The van der Waals surface area contributed by atoms with Crippen LogP contribution in [0.15, 0.2) is 35.4 Å². The monoisotopic (exact) mass is 311 g/mol. The van der Waals surface area contributed by atoms with Crippen molar-refractivity contribution in [2.75, 3.05) is 6.61 Å². The van der Waals surface area contributed by atoms with E-state index < -0.39 is 0 Å². The summed E-state index contributed by atoms with van der Waals surface area (Å²) >= 11 is 0. The molecule has 3 fully saturated rings. The lowest BCUT2D eigenvalue weighted by Crippen LogP contribution is -2.47. The molecule has 2 bridgehead atoms. The minimum absolute atomic E-state index is 0.165. The van der Waals surface area contributed by atoms with E-state index >= 15 is 0 Å². The van der Waals surface area contributed by atoms with Crippen molar-refractivity contribution in [1.82, 2.24) is 4.90 Å². The second-order valence-corrected chi connectivity index (χ2v) is 7.21. The molecule has 3 aliphatic rings. The summed E-state index contributed by atoms with van der Waals surface area (Å²) in [5.41, 5.74) is 4.46. The van der Waals surface area contributed by atoms with E-state index in [-0.39, 0.29) is 12.5 Å². The van der Waals surface area contributed by atoms with Gasteiger partial charge in [-0.25, -0.2) is 0 Å². The van der Waals surface area contributed by atoms with E-state index in [1.165, 1.54) is 19.3 Å². The Kier molecular flexibility index (Phi) is 3.88. The molecule has 2 heterocycles. The van der Waals surface area contributed by atoms with E-state index in [2.05, 4.69) is 4.90 Å². The van der Waals surface area contributed by atoms with Gasteiger partial charge in [0.1, 0.15) is 5.75 Å². The lowest BCUT2D eigenvalue weighted by molar-refractivity contribution is -0.137. The molecule has 0 spiro atoms. The molecule has 1 saturated carbocycles. The van der Waals surface area contributed by atoms with Crippen molar-refractivity contribution in [2.45, 2.75) is 64.0 Å². The molecule has 2 atom stereocenters. The standard InChI is InChI=1S/C20H25NO2/c1-14-5-2-3-8-19(14)23-13-20(22)21-17-9-10-18(21)12-16(11-17)15-6-4-7-15/h2-3,5,8,17-18H,4,6-7,9-13H2,1H3. The number of rotatable bonds is 3. The van der Waals surface area contributed by atoms with E-state index in [1.807, 2.05) is 31.2 Å². The van der Waals surface area contributed by atoms with Crippen LogP contribution in [0, 0.1) is 6.92 Å². The zero-order chi connectivity index (χ0) is 15.8. The molecule has 4 rings (SSSR count). The predicted molar refractivity (Wildman–Crippen MR) is 90.4 cm³/mol. The minimum atomic E-state index is 0.165. The number of para-hydroxylation sites is 1. The van der Waals surface area contributed by atoms with Crippen LogP contribution >= 0.6 is 0 Å². The van der Waals surface area contributed by atoms with Crippen molar-refractivity contribution in [2.24, 2.45) is 0 Å². The van der Waals surface area contributed by atoms with Gasteiger partial charge in [-0.1, -0.05) is 29.3 Å². The van der Waals surface area contributed by atoms with E-state index in [4.69, 9.17) is 4.74 Å². The molecule has 3 heteroatoms. The molecule has 1 aliphatic carbocycles. The fourth-order valence-electron chi connectivity index (χ4n) is 4.35. The Balaban J connectivity index is 1.41. The van der Waals surface area contributed by atoms with Crippen molar-refractivity contribution in [3.8, 4) is 5.75 Å². The molecule has 3 nitrogen and oxygen atoms in total. The molecule has 0 aromatic heterocycles. The van der Waals surface area contributed by atoms with Crippen LogP contribution in [0.2, 0.25) is 0 Å². The first kappa shape index (κ1) is 14.8. The van der Waals surface area contributed by atoms with Crippen LogP contribution in [0.1, 0.15) is 50.5 Å². The summed E-state index contributed by atoms with van der Waals surface area (Å²) in [6.45, 7) is 2.19. The molecular formula is C20H25NO2. The number of amides is 1. The summed E-state index contributed by atoms with van der Waals surface area (Å²) in [4.78, 5) is 14.8. The first-order valence-corrected chi connectivity index (χ1v) is 8.92. The number of aryl methyl sites for hydroxylation is 1. The molecule has 23 heavy (non-hydrogen) atoms. The van der Waals surface area contributed by atoms with Gasteiger partial charge in [-0.15, -0.1) is 0 Å². The predicted octanol–water partition coefficient (Wildman–Crippen LogP) is 4.01. The Morgan fingerprint density at radius 2 is 1.83 bits per heavy atom. The maximum atomic E-state index is 12.7. The van der Waals surface area contributed by atoms with Gasteiger partial charge in [0.2, 0.25) is 0 Å². The van der Waals surface area contributed by atoms with Gasteiger partial charge in [0.25, 0.3) is 5.91 Å². The highest BCUT2D eigenvalue weighted by atomic mass is 16.5. The highest BCUT2D eigenvalue weighted by Gasteiger charge is 2.42. The first-order valence-electron chi connectivity index (χ1n) is 8.92. The van der Waals surface area contributed by atoms with Crippen LogP contribution in [0.4, 0.5) is 0 Å². The molecule has 2 unspecified atom stereocenters. The number of carbonyl (C=O) groups excluding carboxylic acids is 1. The second kappa shape index (κ2) is 6.03. The van der Waals surface area contributed by atoms with E-state index in [0.29, 0.717) is 12.1 Å². The summed E-state index contributed by atoms with van der Waals surface area (Å²) in [5.74, 6) is 0.987. The van der Waals surface area contributed by atoms with Gasteiger partial charge in [0.15, 0.2) is 6.61 Å². The smallest absolute Gasteiger partial charge is 0.261 e. The number of nitrogens with zero attached hydrogens (tertiary/aromatic N) is 1. The van der Waals surface area contributed by atoms with Crippen molar-refractivity contribution in [1.29, 1.82) is 0 Å². The van der Waals surface area contributed by atoms with Crippen LogP contribution in [-0.4, -0.2) is 29.5 Å². The summed E-state index contributed by atoms with van der Waals surface area (Å²) in [6.07, 6.45) is 8.53. The van der Waals surface area contributed by atoms with Gasteiger partial charge < -0.3 is 9.64 Å². The lowest BCUT2D eigenvalue weighted by Gasteiger charge is -2.38. The van der Waals surface area contributed by atoms with Crippen molar-refractivity contribution >= 4 is 5.91 Å². The number of allylic oxidation sites excluding steroid dienone is 1. The van der Waals surface area contributed by atoms with Crippen LogP contribution in [-0.2, 0) is 4.79 Å². The molecule has 2 aliphatic heterocycles. The normalized spacial score (nSPS) is 26.2. The Labute approximate surface area is 138 Å². The summed E-state index contributed by atoms with van der Waals surface area (Å²) in [7, 11) is 0. The molecule has 122 valence electrons. The topological polar surface area (TPSA) is 29.5 Å². The zero-order valence-electron chi connectivity index (χ0n) is 13.9. The van der Waals surface area contributed by atoms with Gasteiger partial charge in [-0.3, -0.25) is 4.79 Å². The number of hydrogen-bond acceptors (Lipinski definition) is 2. The lowest BCUT2D eigenvalue weighted by atomic mass is 9.82. The van der Waals surface area contributed by atoms with Crippen LogP contribution in [0.3, 0.4) is 0 Å². The third kappa shape index (κ3) is 2.77. The number of benzene rings is 1. The Hall–Kier alpha value is -1.77. The highest BCUT2D eigenvalue weighted by Crippen LogP contribution is 2.43. The van der Waals surface area contributed by atoms with Crippen LogP contribution in [0.25, 0.3) is 0 Å². The number of carbonyl (C=O) groups is 1. The van der Waals surface area contributed by atoms with Crippen molar-refractivity contribution < 1.29 is 9.53 Å². The largest absolute Gasteiger partial charge is 0.484 e. The number of piperidine rings is 1. The number of fused-ring (bicyclic) bond motifs is 2. The molecule has 0 N–H and O–H groups in total. The third-order valence-electron chi connectivity index (χ3n) is 5.77. The Morgan fingerprint density at radius 3 is 2.43 bits per heavy atom. The fraction of sp³-hybridized carbons (Fsp3) is 0.550. The minimum Gasteiger partial charge on any atom is -0.484 e. The highest BCUT2D eigenvalue weighted by molar-refractivity contribution is 5.79. The van der Waals surface area contributed by atoms with Crippen molar-refractivity contribution in [3.05, 3.63) is 41.0 Å². The van der Waals surface area contributed by atoms with Gasteiger partial charge >= 0.3 is 0 Å². The zero-order valence-corrected chi connectivity index (χ0v) is 13.9.